The van der Waals surface area contributed by atoms with Gasteiger partial charge in [0.2, 0.25) is 0 Å². The number of ether oxygens (including phenoxy) is 1. The largest absolute Gasteiger partial charge is 0.503 e. The molecule has 3 rings (SSSR count). The van der Waals surface area contributed by atoms with E-state index in [4.69, 9.17) is 9.84 Å². The predicted octanol–water partition coefficient (Wildman–Crippen LogP) is 2.98. The number of aliphatic hydroxyl groups is 1. The highest BCUT2D eigenvalue weighted by Gasteiger charge is 2.18. The summed E-state index contributed by atoms with van der Waals surface area (Å²) in [7, 11) is 1.73. The van der Waals surface area contributed by atoms with Crippen molar-refractivity contribution in [2.24, 2.45) is 4.99 Å². The van der Waals surface area contributed by atoms with Gasteiger partial charge in [0.05, 0.1) is 31.8 Å². The second-order valence-corrected chi connectivity index (χ2v) is 8.46. The molecule has 1 aliphatic rings. The molecule has 1 fully saturated rings. The number of hydrogen-bond donors (Lipinski definition) is 1. The van der Waals surface area contributed by atoms with Crippen molar-refractivity contribution in [1.29, 1.82) is 0 Å². The molecule has 1 N–H and O–H groups in total. The molecule has 2 aromatic rings. The Morgan fingerprint density at radius 1 is 1.09 bits per heavy atom. The molecule has 35 heavy (non-hydrogen) atoms. The van der Waals surface area contributed by atoms with E-state index in [0.717, 1.165) is 55.7 Å². The Labute approximate surface area is 206 Å². The molecule has 0 radical (unpaired) electrons. The summed E-state index contributed by atoms with van der Waals surface area (Å²) in [6, 6.07) is 15.8. The van der Waals surface area contributed by atoms with Crippen LogP contribution in [0.15, 0.2) is 65.5 Å². The zero-order chi connectivity index (χ0) is 25.0. The van der Waals surface area contributed by atoms with E-state index in [0.29, 0.717) is 12.7 Å². The van der Waals surface area contributed by atoms with Crippen LogP contribution in [0.2, 0.25) is 0 Å². The highest BCUT2D eigenvalue weighted by molar-refractivity contribution is 5.84. The topological polar surface area (TPSA) is 82.4 Å². The van der Waals surface area contributed by atoms with Crippen molar-refractivity contribution in [3.63, 3.8) is 0 Å². The second-order valence-electron chi connectivity index (χ2n) is 8.46. The molecular formula is C28H31N3O4. The molecule has 1 heterocycles. The van der Waals surface area contributed by atoms with Crippen molar-refractivity contribution in [3.05, 3.63) is 82.7 Å². The van der Waals surface area contributed by atoms with Crippen LogP contribution in [0.25, 0.3) is 0 Å². The quantitative estimate of drug-likeness (QED) is 0.151. The summed E-state index contributed by atoms with van der Waals surface area (Å²) in [6.07, 6.45) is 3.25. The molecule has 0 aliphatic carbocycles. The van der Waals surface area contributed by atoms with Crippen molar-refractivity contribution in [2.45, 2.75) is 25.9 Å². The molecule has 2 aromatic carbocycles. The van der Waals surface area contributed by atoms with Crippen molar-refractivity contribution in [2.75, 3.05) is 33.4 Å². The number of nitrogens with zero attached hydrogens (tertiary/aromatic N) is 3. The molecule has 0 spiro atoms. The number of aliphatic hydroxyl groups excluding tert-OH is 1. The number of ketones is 1. The Morgan fingerprint density at radius 3 is 2.20 bits per heavy atom. The van der Waals surface area contributed by atoms with Gasteiger partial charge < -0.3 is 14.7 Å². The predicted molar refractivity (Wildman–Crippen MR) is 136 cm³/mol. The summed E-state index contributed by atoms with van der Waals surface area (Å²) in [6.45, 7) is 6.00. The maximum absolute atomic E-state index is 12.1. The molecule has 0 bridgehead atoms. The van der Waals surface area contributed by atoms with Gasteiger partial charge >= 0.3 is 0 Å². The third kappa shape index (κ3) is 8.53. The number of aliphatic imine (C=N–C) groups is 1. The Kier molecular flexibility index (Phi) is 9.79. The van der Waals surface area contributed by atoms with Crippen molar-refractivity contribution >= 4 is 18.4 Å². The number of hydrogen-bond acceptors (Lipinski definition) is 6. The summed E-state index contributed by atoms with van der Waals surface area (Å²) in [5.74, 6) is 5.92. The van der Waals surface area contributed by atoms with Gasteiger partial charge in [0.15, 0.2) is 17.8 Å². The van der Waals surface area contributed by atoms with Gasteiger partial charge in [-0.15, -0.1) is 0 Å². The molecule has 1 aliphatic heterocycles. The minimum Gasteiger partial charge on any atom is -0.503 e. The molecule has 1 unspecified atom stereocenters. The van der Waals surface area contributed by atoms with Crippen LogP contribution in [0.5, 0.6) is 0 Å². The first-order valence-corrected chi connectivity index (χ1v) is 11.5. The van der Waals surface area contributed by atoms with Gasteiger partial charge in [-0.1, -0.05) is 36.1 Å². The average molecular weight is 474 g/mol. The standard InChI is InChI=1S/C28H31N3O4/c1-22(33)28(30(2)21-29-18-27(34)20-32)17-25-9-5-23(6-10-25)3-4-24-7-11-26(12-8-24)19-31-13-15-35-16-14-31/h5-12,18,20-21,28,34H,13-17,19H2,1-2H3/b27-18+,29-21-. The van der Waals surface area contributed by atoms with E-state index in [-0.39, 0.29) is 5.78 Å². The number of aldehydes is 1. The summed E-state index contributed by atoms with van der Waals surface area (Å²) >= 11 is 0. The van der Waals surface area contributed by atoms with E-state index in [1.54, 1.807) is 11.9 Å². The molecular weight excluding hydrogens is 442 g/mol. The van der Waals surface area contributed by atoms with Crippen LogP contribution < -0.4 is 0 Å². The Morgan fingerprint density at radius 2 is 1.66 bits per heavy atom. The van der Waals surface area contributed by atoms with Crippen molar-refractivity contribution in [1.82, 2.24) is 9.80 Å². The molecule has 0 amide bonds. The smallest absolute Gasteiger partial charge is 0.186 e. The third-order valence-electron chi connectivity index (χ3n) is 5.74. The number of benzene rings is 2. The number of allylic oxidation sites excluding steroid dienone is 1. The Hall–Kier alpha value is -3.73. The lowest BCUT2D eigenvalue weighted by atomic mass is 10.0. The fourth-order valence-corrected chi connectivity index (χ4v) is 3.70. The van der Waals surface area contributed by atoms with Gasteiger partial charge in [0.25, 0.3) is 0 Å². The summed E-state index contributed by atoms with van der Waals surface area (Å²) in [4.78, 5) is 30.5. The van der Waals surface area contributed by atoms with Gasteiger partial charge in [-0.2, -0.15) is 0 Å². The van der Waals surface area contributed by atoms with E-state index < -0.39 is 11.8 Å². The minimum atomic E-state index is -0.477. The van der Waals surface area contributed by atoms with Gasteiger partial charge in [-0.25, -0.2) is 4.99 Å². The molecule has 182 valence electrons. The van der Waals surface area contributed by atoms with Crippen LogP contribution >= 0.6 is 0 Å². The zero-order valence-electron chi connectivity index (χ0n) is 20.2. The molecule has 1 atom stereocenters. The molecule has 0 aromatic heterocycles. The molecule has 7 nitrogen and oxygen atoms in total. The lowest BCUT2D eigenvalue weighted by Crippen LogP contribution is -2.38. The van der Waals surface area contributed by atoms with E-state index in [2.05, 4.69) is 46.0 Å². The lowest BCUT2D eigenvalue weighted by Gasteiger charge is -2.26. The minimum absolute atomic E-state index is 0.0107. The van der Waals surface area contributed by atoms with Gasteiger partial charge in [0, 0.05) is 37.8 Å². The lowest BCUT2D eigenvalue weighted by molar-refractivity contribution is -0.120. The normalized spacial score (nSPS) is 15.3. The van der Waals surface area contributed by atoms with Gasteiger partial charge in [-0.3, -0.25) is 14.5 Å². The van der Waals surface area contributed by atoms with Crippen molar-refractivity contribution < 1.29 is 19.4 Å². The number of carbonyl (C=O) groups excluding carboxylic acids is 2. The second kappa shape index (κ2) is 13.2. The van der Waals surface area contributed by atoms with Crippen LogP contribution in [0.4, 0.5) is 0 Å². The van der Waals surface area contributed by atoms with Crippen LogP contribution in [0.3, 0.4) is 0 Å². The fraction of sp³-hybridized carbons (Fsp3) is 0.321. The zero-order valence-corrected chi connectivity index (χ0v) is 20.2. The number of likely N-dealkylation sites (N-methyl/N-ethyl adjacent to an activating group) is 1. The number of Topliss-reactive ketones (excluding diaryl/α,β-unsaturated/α-hetero) is 1. The van der Waals surface area contributed by atoms with Crippen LogP contribution in [0.1, 0.15) is 29.2 Å². The van der Waals surface area contributed by atoms with Gasteiger partial charge in [0.1, 0.15) is 0 Å². The summed E-state index contributed by atoms with van der Waals surface area (Å²) in [5, 5.41) is 9.15. The maximum Gasteiger partial charge on any atom is 0.186 e. The molecule has 1 saturated heterocycles. The maximum atomic E-state index is 12.1. The van der Waals surface area contributed by atoms with E-state index in [9.17, 15) is 9.59 Å². The van der Waals surface area contributed by atoms with E-state index in [1.165, 1.54) is 18.8 Å². The Balaban J connectivity index is 1.58. The first-order valence-electron chi connectivity index (χ1n) is 11.5. The number of rotatable bonds is 9. The SMILES string of the molecule is CC(=O)C(Cc1ccc(C#Cc2ccc(CN3CCOCC3)cc2)cc1)N(C)/C=N\C=C(\O)C=O. The average Bonchev–Trinajstić information content (AvgIpc) is 2.87. The number of morpholine rings is 1. The van der Waals surface area contributed by atoms with Crippen LogP contribution in [-0.4, -0.2) is 72.7 Å². The molecule has 0 saturated carbocycles. The first-order chi connectivity index (χ1) is 16.9. The fourth-order valence-electron chi connectivity index (χ4n) is 3.70. The van der Waals surface area contributed by atoms with Crippen LogP contribution in [-0.2, 0) is 27.3 Å². The highest BCUT2D eigenvalue weighted by Crippen LogP contribution is 2.12. The first kappa shape index (κ1) is 25.9. The van der Waals surface area contributed by atoms with E-state index in [1.807, 2.05) is 24.3 Å². The highest BCUT2D eigenvalue weighted by atomic mass is 16.5. The van der Waals surface area contributed by atoms with E-state index >= 15 is 0 Å². The van der Waals surface area contributed by atoms with Crippen molar-refractivity contribution in [3.8, 4) is 11.8 Å². The third-order valence-corrected chi connectivity index (χ3v) is 5.74. The van der Waals surface area contributed by atoms with Gasteiger partial charge in [-0.05, 0) is 48.7 Å². The monoisotopic (exact) mass is 473 g/mol. The Bertz CT molecular complexity index is 1110. The summed E-state index contributed by atoms with van der Waals surface area (Å²) in [5.41, 5.74) is 4.13. The summed E-state index contributed by atoms with van der Waals surface area (Å²) < 4.78 is 5.40. The number of carbonyl (C=O) groups is 2. The van der Waals surface area contributed by atoms with Crippen LogP contribution in [0, 0.1) is 11.8 Å². The molecule has 7 heteroatoms.